The molecule has 0 aliphatic heterocycles. The highest BCUT2D eigenvalue weighted by Crippen LogP contribution is 2.32. The molecule has 0 bridgehead atoms. The van der Waals surface area contributed by atoms with Crippen LogP contribution >= 0.6 is 0 Å². The molecule has 268 valence electrons. The molecule has 1 aliphatic carbocycles. The molecule has 12 nitrogen and oxygen atoms in total. The Morgan fingerprint density at radius 2 is 1.49 bits per heavy atom. The SMILES string of the molecule is N#Cc1ccc(COc2ccc(C[C@H](NC(=O)Cc3ccc(-c4ccccc4)cc3)C(=O)NS(=O)(=O)c3ccc(NC4CC4)c([N+](=O)[O-])c3)cc2)cc1. The second kappa shape index (κ2) is 16.2. The number of nitrogens with one attached hydrogen (secondary N) is 3. The predicted molar refractivity (Wildman–Crippen MR) is 198 cm³/mol. The van der Waals surface area contributed by atoms with Crippen molar-refractivity contribution in [2.75, 3.05) is 5.32 Å². The molecule has 1 fully saturated rings. The van der Waals surface area contributed by atoms with Gasteiger partial charge in [0.05, 0.1) is 27.9 Å². The van der Waals surface area contributed by atoms with E-state index in [-0.39, 0.29) is 31.2 Å². The molecule has 0 saturated heterocycles. The van der Waals surface area contributed by atoms with Crippen LogP contribution in [0.3, 0.4) is 0 Å². The Bertz CT molecular complexity index is 2250. The third-order valence-electron chi connectivity index (χ3n) is 8.58. The van der Waals surface area contributed by atoms with Crippen LogP contribution < -0.4 is 20.1 Å². The van der Waals surface area contributed by atoms with Gasteiger partial charge in [0.1, 0.15) is 24.1 Å². The number of benzene rings is 5. The lowest BCUT2D eigenvalue weighted by molar-refractivity contribution is -0.384. The van der Waals surface area contributed by atoms with Crippen LogP contribution in [0, 0.1) is 21.4 Å². The molecule has 3 N–H and O–H groups in total. The van der Waals surface area contributed by atoms with E-state index >= 15 is 0 Å². The standard InChI is InChI=1S/C40H35N5O7S/c41-25-29-6-8-30(9-7-29)26-52-34-18-12-27(13-19-34)22-37(43-39(46)23-28-10-14-32(15-11-28)31-4-2-1-3-5-31)40(47)44-53(50,51)35-20-21-36(42-33-16-17-33)38(24-35)45(48)49/h1-15,18-21,24,33,37,42H,16-17,22-23,26H2,(H,43,46)(H,44,47)/t37-/m0/s1. The maximum Gasteiger partial charge on any atom is 0.293 e. The number of anilines is 1. The number of rotatable bonds is 15. The third-order valence-corrected chi connectivity index (χ3v) is 9.92. The second-order valence-electron chi connectivity index (χ2n) is 12.6. The first-order chi connectivity index (χ1) is 25.6. The van der Waals surface area contributed by atoms with E-state index in [9.17, 15) is 28.1 Å². The summed E-state index contributed by atoms with van der Waals surface area (Å²) in [6.45, 7) is 0.256. The molecule has 0 unspecified atom stereocenters. The van der Waals surface area contributed by atoms with Crippen LogP contribution in [0.25, 0.3) is 11.1 Å². The molecule has 1 aliphatic rings. The molecule has 13 heteroatoms. The lowest BCUT2D eigenvalue weighted by Gasteiger charge is -2.19. The van der Waals surface area contributed by atoms with Crippen molar-refractivity contribution >= 4 is 33.2 Å². The highest BCUT2D eigenvalue weighted by molar-refractivity contribution is 7.90. The highest BCUT2D eigenvalue weighted by atomic mass is 32.2. The van der Waals surface area contributed by atoms with Crippen LogP contribution in [0.1, 0.15) is 35.1 Å². The Hall–Kier alpha value is -6.52. The molecule has 0 heterocycles. The van der Waals surface area contributed by atoms with Gasteiger partial charge in [0.25, 0.3) is 21.6 Å². The van der Waals surface area contributed by atoms with E-state index in [0.717, 1.165) is 35.6 Å². The lowest BCUT2D eigenvalue weighted by Crippen LogP contribution is -2.49. The Kier molecular flexibility index (Phi) is 11.1. The summed E-state index contributed by atoms with van der Waals surface area (Å²) in [5.41, 5.74) is 4.44. The van der Waals surface area contributed by atoms with Gasteiger partial charge in [-0.05, 0) is 77.1 Å². The zero-order valence-electron chi connectivity index (χ0n) is 28.4. The smallest absolute Gasteiger partial charge is 0.293 e. The van der Waals surface area contributed by atoms with Crippen LogP contribution in [0.15, 0.2) is 126 Å². The van der Waals surface area contributed by atoms with Crippen LogP contribution in [-0.2, 0) is 39.1 Å². The molecule has 0 radical (unpaired) electrons. The molecule has 2 amide bonds. The predicted octanol–water partition coefficient (Wildman–Crippen LogP) is 6.06. The number of amides is 2. The van der Waals surface area contributed by atoms with Gasteiger partial charge in [0.15, 0.2) is 0 Å². The number of hydrogen-bond acceptors (Lipinski definition) is 9. The summed E-state index contributed by atoms with van der Waals surface area (Å²) < 4.78 is 34.7. The van der Waals surface area contributed by atoms with Gasteiger partial charge in [-0.25, -0.2) is 13.1 Å². The van der Waals surface area contributed by atoms with E-state index in [2.05, 4.69) is 16.7 Å². The van der Waals surface area contributed by atoms with Crippen LogP contribution in [0.4, 0.5) is 11.4 Å². The largest absolute Gasteiger partial charge is 0.489 e. The number of carbonyl (C=O) groups excluding carboxylic acids is 2. The number of hydrogen-bond donors (Lipinski definition) is 3. The molecule has 5 aromatic carbocycles. The average molecular weight is 730 g/mol. The van der Waals surface area contributed by atoms with Crippen molar-refractivity contribution in [2.45, 2.75) is 49.3 Å². The van der Waals surface area contributed by atoms with Crippen LogP contribution in [-0.4, -0.2) is 37.2 Å². The summed E-state index contributed by atoms with van der Waals surface area (Å²) in [6.07, 6.45) is 1.57. The molecule has 1 atom stereocenters. The zero-order chi connectivity index (χ0) is 37.4. The Morgan fingerprint density at radius 3 is 2.13 bits per heavy atom. The van der Waals surface area contributed by atoms with Gasteiger partial charge in [-0.1, -0.05) is 78.9 Å². The molecule has 6 rings (SSSR count). The summed E-state index contributed by atoms with van der Waals surface area (Å²) in [6, 6.07) is 35.2. The van der Waals surface area contributed by atoms with Gasteiger partial charge < -0.3 is 15.4 Å². The van der Waals surface area contributed by atoms with Gasteiger partial charge in [0.2, 0.25) is 5.91 Å². The summed E-state index contributed by atoms with van der Waals surface area (Å²) in [4.78, 5) is 37.6. The van der Waals surface area contributed by atoms with Crippen molar-refractivity contribution in [2.24, 2.45) is 0 Å². The van der Waals surface area contributed by atoms with Crippen molar-refractivity contribution in [1.29, 1.82) is 5.26 Å². The Balaban J connectivity index is 1.17. The number of nitriles is 1. The van der Waals surface area contributed by atoms with E-state index in [0.29, 0.717) is 22.4 Å². The van der Waals surface area contributed by atoms with Crippen molar-refractivity contribution in [3.8, 4) is 22.9 Å². The minimum atomic E-state index is -4.57. The monoisotopic (exact) mass is 729 g/mol. The normalized spacial score (nSPS) is 12.9. The fourth-order valence-electron chi connectivity index (χ4n) is 5.55. The Labute approximate surface area is 306 Å². The fraction of sp³-hybridized carbons (Fsp3) is 0.175. The van der Waals surface area contributed by atoms with Gasteiger partial charge >= 0.3 is 0 Å². The first kappa shape index (κ1) is 36.3. The lowest BCUT2D eigenvalue weighted by atomic mass is 10.0. The summed E-state index contributed by atoms with van der Waals surface area (Å²) in [5, 5.41) is 26.5. The van der Waals surface area contributed by atoms with Gasteiger partial charge in [-0.15, -0.1) is 0 Å². The van der Waals surface area contributed by atoms with E-state index in [1.165, 1.54) is 12.1 Å². The van der Waals surface area contributed by atoms with Gasteiger partial charge in [-0.2, -0.15) is 5.26 Å². The van der Waals surface area contributed by atoms with E-state index in [1.807, 2.05) is 59.3 Å². The van der Waals surface area contributed by atoms with Gasteiger partial charge in [-0.3, -0.25) is 19.7 Å². The zero-order valence-corrected chi connectivity index (χ0v) is 29.2. The minimum Gasteiger partial charge on any atom is -0.489 e. The first-order valence-electron chi connectivity index (χ1n) is 16.8. The maximum absolute atomic E-state index is 13.6. The topological polar surface area (TPSA) is 181 Å². The highest BCUT2D eigenvalue weighted by Gasteiger charge is 2.30. The van der Waals surface area contributed by atoms with E-state index < -0.39 is 43.4 Å². The first-order valence-corrected chi connectivity index (χ1v) is 18.3. The number of nitro benzene ring substituents is 1. The van der Waals surface area contributed by atoms with Crippen molar-refractivity contribution in [3.63, 3.8) is 0 Å². The molecule has 5 aromatic rings. The van der Waals surface area contributed by atoms with E-state index in [4.69, 9.17) is 10.00 Å². The van der Waals surface area contributed by atoms with Crippen LogP contribution in [0.5, 0.6) is 5.75 Å². The number of nitro groups is 1. The van der Waals surface area contributed by atoms with Crippen molar-refractivity contribution in [3.05, 3.63) is 154 Å². The molecular formula is C40H35N5O7S. The maximum atomic E-state index is 13.6. The second-order valence-corrected chi connectivity index (χ2v) is 14.3. The molecule has 53 heavy (non-hydrogen) atoms. The van der Waals surface area contributed by atoms with Gasteiger partial charge in [0, 0.05) is 18.5 Å². The Morgan fingerprint density at radius 1 is 0.849 bits per heavy atom. The van der Waals surface area contributed by atoms with E-state index in [1.54, 1.807) is 48.5 Å². The molecule has 0 spiro atoms. The fourth-order valence-corrected chi connectivity index (χ4v) is 6.59. The number of nitrogens with zero attached hydrogens (tertiary/aromatic N) is 2. The minimum absolute atomic E-state index is 0.0691. The quantitative estimate of drug-likeness (QED) is 0.0853. The van der Waals surface area contributed by atoms with Crippen molar-refractivity contribution in [1.82, 2.24) is 10.0 Å². The third kappa shape index (κ3) is 9.84. The summed E-state index contributed by atoms with van der Waals surface area (Å²) >= 11 is 0. The summed E-state index contributed by atoms with van der Waals surface area (Å²) in [5.74, 6) is -0.990. The molecule has 0 aromatic heterocycles. The molecular weight excluding hydrogens is 695 g/mol. The average Bonchev–Trinajstić information content (AvgIpc) is 3.99. The number of ether oxygens (including phenoxy) is 1. The number of sulfonamides is 1. The van der Waals surface area contributed by atoms with Crippen molar-refractivity contribution < 1.29 is 27.7 Å². The number of carbonyl (C=O) groups is 2. The summed E-state index contributed by atoms with van der Waals surface area (Å²) in [7, 11) is -4.57. The van der Waals surface area contributed by atoms with Crippen LogP contribution in [0.2, 0.25) is 0 Å². The molecule has 1 saturated carbocycles.